The predicted molar refractivity (Wildman–Crippen MR) is 376 cm³/mol. The Kier molecular flexibility index (Phi) is 9.55. The summed E-state index contributed by atoms with van der Waals surface area (Å²) in [4.78, 5) is 2.57. The molecule has 91 heavy (non-hydrogen) atoms. The van der Waals surface area contributed by atoms with Gasteiger partial charge in [-0.1, -0.05) is 203 Å². The normalized spacial score (nSPS) is 16.5. The average molecular weight is 1170 g/mol. The minimum absolute atomic E-state index is 0.214. The molecule has 0 bridgehead atoms. The highest BCUT2D eigenvalue weighted by Crippen LogP contribution is 2.65. The zero-order chi connectivity index (χ0) is 61.3. The molecule has 0 spiro atoms. The third kappa shape index (κ3) is 6.27. The second-order valence-corrected chi connectivity index (χ2v) is 29.4. The minimum atomic E-state index is -0.387. The zero-order valence-electron chi connectivity index (χ0n) is 52.9. The van der Waals surface area contributed by atoms with E-state index in [0.717, 1.165) is 72.5 Å². The monoisotopic (exact) mass is 1170 g/mol. The largest absolute Gasteiger partial charge is 0.456 e. The van der Waals surface area contributed by atoms with Gasteiger partial charge in [-0.05, 0) is 190 Å². The van der Waals surface area contributed by atoms with E-state index in [-0.39, 0.29) is 27.1 Å². The van der Waals surface area contributed by atoms with Crippen molar-refractivity contribution in [2.45, 2.75) is 96.3 Å². The molecule has 0 fully saturated rings. The number of hydrogen-bond donors (Lipinski definition) is 0. The quantitative estimate of drug-likeness (QED) is 0.176. The summed E-state index contributed by atoms with van der Waals surface area (Å²) in [5.74, 6) is 0. The van der Waals surface area contributed by atoms with Crippen LogP contribution in [0.3, 0.4) is 0 Å². The average Bonchev–Trinajstić information content (AvgIpc) is 1.51. The van der Waals surface area contributed by atoms with Gasteiger partial charge in [-0.2, -0.15) is 0 Å². The summed E-state index contributed by atoms with van der Waals surface area (Å²) in [7, 11) is 0. The Hall–Kier alpha value is -10.2. The molecule has 5 aliphatic rings. The Labute approximate surface area is 529 Å². The van der Waals surface area contributed by atoms with E-state index in [4.69, 9.17) is 13.3 Å². The van der Waals surface area contributed by atoms with Crippen molar-refractivity contribution in [3.05, 3.63) is 268 Å². The fourth-order valence-electron chi connectivity index (χ4n) is 18.6. The third-order valence-corrected chi connectivity index (χ3v) is 23.0. The van der Waals surface area contributed by atoms with Gasteiger partial charge in [0.2, 0.25) is 0 Å². The Morgan fingerprint density at radius 1 is 0.253 bits per heavy atom. The first-order valence-electron chi connectivity index (χ1n) is 32.5. The van der Waals surface area contributed by atoms with Crippen LogP contribution < -0.4 is 4.90 Å². The smallest absolute Gasteiger partial charge is 0.144 e. The Bertz CT molecular complexity index is 5870. The van der Waals surface area contributed by atoms with Crippen LogP contribution in [0.25, 0.3) is 133 Å². The summed E-state index contributed by atoms with van der Waals surface area (Å²) in [5, 5.41) is 7.09. The number of furan rings is 3. The van der Waals surface area contributed by atoms with E-state index in [1.54, 1.807) is 0 Å². The number of rotatable bonds is 4. The number of benzene rings is 12. The standard InChI is InChI=1S/C87H65NO3/c1-83(2)61-38-39-71-74(54-25-15-19-29-68(54)89-71)73(61)59-45-65-58(44-66(59)83)50-35-32-47(40-62(50)84(65,3)4)88(48-33-36-52-63(41-48)85(5,6)67-43-57(46-22-12-11-13-23-46)81-76(72(52)67)55-26-16-20-30-69(55)90-81)49-34-37-53-64(42-49)87(9,10)79-75(53)77-56-27-17-21-31-70(56)91-82(77)78-51-24-14-18-28-60(51)86(7,8)80(78)79/h11-45H,1-10H3. The van der Waals surface area contributed by atoms with Crippen LogP contribution in [0, 0.1) is 0 Å². The fourth-order valence-corrected chi connectivity index (χ4v) is 18.6. The molecule has 20 rings (SSSR count). The molecular formula is C87H65NO3. The molecule has 5 aliphatic carbocycles. The van der Waals surface area contributed by atoms with Gasteiger partial charge < -0.3 is 18.2 Å². The van der Waals surface area contributed by atoms with Crippen molar-refractivity contribution in [3.8, 4) is 66.8 Å². The lowest BCUT2D eigenvalue weighted by Crippen LogP contribution is -2.24. The minimum Gasteiger partial charge on any atom is -0.456 e. The molecule has 0 saturated carbocycles. The summed E-state index contributed by atoms with van der Waals surface area (Å²) in [5.41, 5.74) is 36.0. The highest BCUT2D eigenvalue weighted by atomic mass is 16.3. The molecule has 3 heterocycles. The molecule has 12 aromatic carbocycles. The van der Waals surface area contributed by atoms with Crippen LogP contribution in [0.4, 0.5) is 17.1 Å². The molecular weight excluding hydrogens is 1110 g/mol. The Morgan fingerprint density at radius 3 is 1.37 bits per heavy atom. The van der Waals surface area contributed by atoms with Crippen LogP contribution in [0.15, 0.2) is 226 Å². The van der Waals surface area contributed by atoms with E-state index in [1.165, 1.54) is 133 Å². The first-order chi connectivity index (χ1) is 43.9. The second kappa shape index (κ2) is 16.8. The van der Waals surface area contributed by atoms with E-state index in [1.807, 2.05) is 0 Å². The molecule has 0 aliphatic heterocycles. The number of nitrogens with zero attached hydrogens (tertiary/aromatic N) is 1. The molecule has 0 N–H and O–H groups in total. The SMILES string of the molecule is CC1(C)c2cc(N(c3ccc4c(c3)C(C)(C)c3cc(-c5ccccc5)c5oc6ccccc6c5c3-4)c3ccc4c(c3)C(C)(C)c3c5c(c6oc7ccccc7c6c3-4)-c3ccccc3C5(C)C)ccc2-c2cc3c(cc21)-c1c(ccc2oc4ccccc4c12)C3(C)C. The van der Waals surface area contributed by atoms with Crippen LogP contribution in [0.5, 0.6) is 0 Å². The van der Waals surface area contributed by atoms with Crippen molar-refractivity contribution >= 4 is 82.9 Å². The van der Waals surface area contributed by atoms with Gasteiger partial charge in [0.05, 0.1) is 0 Å². The fraction of sp³-hybridized carbons (Fsp3) is 0.172. The van der Waals surface area contributed by atoms with Gasteiger partial charge in [0, 0.05) is 87.6 Å². The molecule has 0 atom stereocenters. The summed E-state index contributed by atoms with van der Waals surface area (Å²) in [6.07, 6.45) is 0. The van der Waals surface area contributed by atoms with Crippen LogP contribution >= 0.6 is 0 Å². The van der Waals surface area contributed by atoms with E-state index in [2.05, 4.69) is 286 Å². The molecule has 4 nitrogen and oxygen atoms in total. The van der Waals surface area contributed by atoms with Gasteiger partial charge in [-0.15, -0.1) is 0 Å². The summed E-state index contributed by atoms with van der Waals surface area (Å²) in [6, 6.07) is 79.8. The molecule has 0 unspecified atom stereocenters. The van der Waals surface area contributed by atoms with Crippen LogP contribution in [0.2, 0.25) is 0 Å². The Morgan fingerprint density at radius 2 is 0.692 bits per heavy atom. The van der Waals surface area contributed by atoms with Crippen molar-refractivity contribution in [1.29, 1.82) is 0 Å². The van der Waals surface area contributed by atoms with Gasteiger partial charge in [0.15, 0.2) is 0 Å². The molecule has 4 heteroatoms. The maximum absolute atomic E-state index is 7.11. The lowest BCUT2D eigenvalue weighted by Gasteiger charge is -2.32. The van der Waals surface area contributed by atoms with Gasteiger partial charge in [0.1, 0.15) is 33.5 Å². The molecule has 15 aromatic rings. The maximum atomic E-state index is 7.11. The highest BCUT2D eigenvalue weighted by Gasteiger charge is 2.50. The van der Waals surface area contributed by atoms with E-state index in [0.29, 0.717) is 0 Å². The van der Waals surface area contributed by atoms with Crippen molar-refractivity contribution in [2.24, 2.45) is 0 Å². The van der Waals surface area contributed by atoms with Crippen molar-refractivity contribution in [3.63, 3.8) is 0 Å². The van der Waals surface area contributed by atoms with Crippen molar-refractivity contribution in [2.75, 3.05) is 4.90 Å². The molecule has 0 saturated heterocycles. The van der Waals surface area contributed by atoms with Gasteiger partial charge in [0.25, 0.3) is 0 Å². The molecule has 3 aromatic heterocycles. The van der Waals surface area contributed by atoms with Gasteiger partial charge in [-0.3, -0.25) is 0 Å². The number of anilines is 3. The highest BCUT2D eigenvalue weighted by molar-refractivity contribution is 6.22. The van der Waals surface area contributed by atoms with Crippen molar-refractivity contribution < 1.29 is 13.3 Å². The summed E-state index contributed by atoms with van der Waals surface area (Å²) >= 11 is 0. The lowest BCUT2D eigenvalue weighted by atomic mass is 9.72. The summed E-state index contributed by atoms with van der Waals surface area (Å²) in [6.45, 7) is 24.4. The molecule has 0 radical (unpaired) electrons. The lowest BCUT2D eigenvalue weighted by molar-refractivity contribution is 0.600. The Balaban J connectivity index is 0.807. The maximum Gasteiger partial charge on any atom is 0.144 e. The zero-order valence-corrected chi connectivity index (χ0v) is 52.9. The van der Waals surface area contributed by atoms with E-state index in [9.17, 15) is 0 Å². The van der Waals surface area contributed by atoms with Crippen LogP contribution in [0.1, 0.15) is 125 Å². The molecule has 436 valence electrons. The molecule has 0 amide bonds. The predicted octanol–water partition coefficient (Wildman–Crippen LogP) is 24.1. The van der Waals surface area contributed by atoms with E-state index < -0.39 is 0 Å². The first-order valence-corrected chi connectivity index (χ1v) is 32.5. The first kappa shape index (κ1) is 51.7. The third-order valence-electron chi connectivity index (χ3n) is 23.0. The van der Waals surface area contributed by atoms with Crippen LogP contribution in [-0.4, -0.2) is 0 Å². The van der Waals surface area contributed by atoms with Gasteiger partial charge in [-0.25, -0.2) is 0 Å². The van der Waals surface area contributed by atoms with E-state index >= 15 is 0 Å². The number of para-hydroxylation sites is 3. The van der Waals surface area contributed by atoms with Crippen LogP contribution in [-0.2, 0) is 27.1 Å². The van der Waals surface area contributed by atoms with Crippen molar-refractivity contribution in [1.82, 2.24) is 0 Å². The van der Waals surface area contributed by atoms with Gasteiger partial charge >= 0.3 is 0 Å². The second-order valence-electron chi connectivity index (χ2n) is 29.4. The number of fused-ring (bicyclic) bond motifs is 29. The summed E-state index contributed by atoms with van der Waals surface area (Å²) < 4.78 is 20.6. The topological polar surface area (TPSA) is 42.7 Å². The number of hydrogen-bond acceptors (Lipinski definition) is 4.